The van der Waals surface area contributed by atoms with E-state index in [4.69, 9.17) is 9.15 Å². The molecule has 0 fully saturated rings. The first-order valence-electron chi connectivity index (χ1n) is 5.41. The Balaban J connectivity index is 2.02. The van der Waals surface area contributed by atoms with E-state index in [2.05, 4.69) is 26.5 Å². The Kier molecular flexibility index (Phi) is 4.35. The van der Waals surface area contributed by atoms with Crippen LogP contribution in [0.5, 0.6) is 5.75 Å². The predicted molar refractivity (Wildman–Crippen MR) is 74.5 cm³/mol. The Hall–Kier alpha value is -2.08. The fourth-order valence-corrected chi connectivity index (χ4v) is 1.93. The number of hydrogen-bond acceptors (Lipinski definition) is 4. The fraction of sp³-hybridized carbons (Fsp3) is 0.0769. The molecule has 2 aromatic rings. The van der Waals surface area contributed by atoms with Crippen molar-refractivity contribution < 1.29 is 13.9 Å². The zero-order valence-corrected chi connectivity index (χ0v) is 11.7. The highest BCUT2D eigenvalue weighted by molar-refractivity contribution is 9.10. The van der Waals surface area contributed by atoms with Gasteiger partial charge < -0.3 is 9.15 Å². The van der Waals surface area contributed by atoms with Crippen molar-refractivity contribution in [3.63, 3.8) is 0 Å². The maximum absolute atomic E-state index is 11.8. The molecule has 1 aromatic heterocycles. The molecule has 0 saturated heterocycles. The van der Waals surface area contributed by atoms with Crippen LogP contribution >= 0.6 is 15.9 Å². The molecular formula is C13H11BrN2O3. The first-order chi connectivity index (χ1) is 9.20. The highest BCUT2D eigenvalue weighted by atomic mass is 79.9. The molecule has 0 saturated carbocycles. The smallest absolute Gasteiger partial charge is 0.271 e. The van der Waals surface area contributed by atoms with E-state index in [9.17, 15) is 4.79 Å². The van der Waals surface area contributed by atoms with Gasteiger partial charge in [-0.1, -0.05) is 0 Å². The quantitative estimate of drug-likeness (QED) is 0.695. The van der Waals surface area contributed by atoms with Crippen LogP contribution in [-0.2, 0) is 0 Å². The molecule has 5 nitrogen and oxygen atoms in total. The normalized spacial score (nSPS) is 10.6. The van der Waals surface area contributed by atoms with E-state index in [1.165, 1.54) is 12.5 Å². The number of amides is 1. The molecule has 98 valence electrons. The van der Waals surface area contributed by atoms with Crippen LogP contribution < -0.4 is 10.2 Å². The number of methoxy groups -OCH3 is 1. The zero-order chi connectivity index (χ0) is 13.7. The topological polar surface area (TPSA) is 63.8 Å². The number of carbonyl (C=O) groups is 1. The summed E-state index contributed by atoms with van der Waals surface area (Å²) < 4.78 is 10.8. The van der Waals surface area contributed by atoms with Crippen LogP contribution in [0, 0.1) is 0 Å². The molecule has 1 aromatic carbocycles. The summed E-state index contributed by atoms with van der Waals surface area (Å²) in [7, 11) is 1.56. The van der Waals surface area contributed by atoms with Gasteiger partial charge >= 0.3 is 0 Å². The molecule has 0 aliphatic heterocycles. The van der Waals surface area contributed by atoms with Crippen LogP contribution in [0.2, 0.25) is 0 Å². The minimum Gasteiger partial charge on any atom is -0.496 e. The Morgan fingerprint density at radius 3 is 2.95 bits per heavy atom. The lowest BCUT2D eigenvalue weighted by atomic mass is 10.2. The molecule has 0 radical (unpaired) electrons. The first kappa shape index (κ1) is 13.4. The van der Waals surface area contributed by atoms with Crippen molar-refractivity contribution in [2.45, 2.75) is 0 Å². The third kappa shape index (κ3) is 3.45. The third-order valence-corrected chi connectivity index (χ3v) is 2.93. The predicted octanol–water partition coefficient (Wildman–Crippen LogP) is 2.81. The zero-order valence-electron chi connectivity index (χ0n) is 10.1. The molecule has 0 atom stereocenters. The fourth-order valence-electron chi connectivity index (χ4n) is 1.39. The van der Waals surface area contributed by atoms with Crippen molar-refractivity contribution in [2.75, 3.05) is 7.11 Å². The molecule has 1 N–H and O–H groups in total. The summed E-state index contributed by atoms with van der Waals surface area (Å²) in [5.41, 5.74) is 2.89. The number of carbonyl (C=O) groups excluding carboxylic acids is 1. The number of rotatable bonds is 4. The lowest BCUT2D eigenvalue weighted by Crippen LogP contribution is -2.17. The second kappa shape index (κ2) is 6.19. The molecule has 0 bridgehead atoms. The maximum Gasteiger partial charge on any atom is 0.271 e. The van der Waals surface area contributed by atoms with E-state index >= 15 is 0 Å². The average molecular weight is 323 g/mol. The van der Waals surface area contributed by atoms with E-state index < -0.39 is 0 Å². The molecule has 0 aliphatic rings. The minimum atomic E-state index is -0.314. The number of hydrogen-bond donors (Lipinski definition) is 1. The lowest BCUT2D eigenvalue weighted by molar-refractivity contribution is 0.0955. The molecule has 2 rings (SSSR count). The summed E-state index contributed by atoms with van der Waals surface area (Å²) in [5, 5.41) is 3.80. The molecule has 1 amide bonds. The highest BCUT2D eigenvalue weighted by Gasteiger charge is 2.07. The van der Waals surface area contributed by atoms with Crippen molar-refractivity contribution in [2.24, 2.45) is 5.10 Å². The van der Waals surface area contributed by atoms with E-state index in [0.29, 0.717) is 21.5 Å². The van der Waals surface area contributed by atoms with E-state index in [0.717, 1.165) is 0 Å². The van der Waals surface area contributed by atoms with Gasteiger partial charge in [0, 0.05) is 5.56 Å². The first-order valence-corrected chi connectivity index (χ1v) is 6.20. The van der Waals surface area contributed by atoms with Gasteiger partial charge in [-0.05, 0) is 46.3 Å². The number of ether oxygens (including phenoxy) is 1. The minimum absolute atomic E-state index is 0.314. The summed E-state index contributed by atoms with van der Waals surface area (Å²) in [6.45, 7) is 0. The van der Waals surface area contributed by atoms with Crippen molar-refractivity contribution in [3.05, 3.63) is 52.4 Å². The van der Waals surface area contributed by atoms with E-state index in [1.807, 2.05) is 0 Å². The standard InChI is InChI=1S/C13H11BrN2O3/c1-18-12-5-4-9(7-11(12)14)13(17)16-15-8-10-3-2-6-19-10/h2-8H,1H3,(H,16,17)/b15-8+. The Morgan fingerprint density at radius 2 is 2.32 bits per heavy atom. The monoisotopic (exact) mass is 322 g/mol. The molecule has 0 spiro atoms. The van der Waals surface area contributed by atoms with Crippen LogP contribution in [-0.4, -0.2) is 19.2 Å². The Bertz CT molecular complexity index is 594. The summed E-state index contributed by atoms with van der Waals surface area (Å²) >= 11 is 3.32. The van der Waals surface area contributed by atoms with Gasteiger partial charge in [0.05, 0.1) is 24.1 Å². The molecule has 0 aliphatic carbocycles. The van der Waals surface area contributed by atoms with Gasteiger partial charge in [0.25, 0.3) is 5.91 Å². The second-order valence-corrected chi connectivity index (χ2v) is 4.42. The largest absolute Gasteiger partial charge is 0.496 e. The van der Waals surface area contributed by atoms with Gasteiger partial charge in [-0.3, -0.25) is 4.79 Å². The summed E-state index contributed by atoms with van der Waals surface area (Å²) in [6, 6.07) is 8.50. The van der Waals surface area contributed by atoms with Gasteiger partial charge in [0.1, 0.15) is 11.5 Å². The van der Waals surface area contributed by atoms with E-state index in [-0.39, 0.29) is 5.91 Å². The molecule has 1 heterocycles. The third-order valence-electron chi connectivity index (χ3n) is 2.32. The molecule has 19 heavy (non-hydrogen) atoms. The van der Waals surface area contributed by atoms with Crippen molar-refractivity contribution in [1.82, 2.24) is 5.43 Å². The maximum atomic E-state index is 11.8. The lowest BCUT2D eigenvalue weighted by Gasteiger charge is -2.05. The molecular weight excluding hydrogens is 312 g/mol. The van der Waals surface area contributed by atoms with Crippen LogP contribution in [0.4, 0.5) is 0 Å². The number of hydrazone groups is 1. The summed E-state index contributed by atoms with van der Waals surface area (Å²) in [5.74, 6) is 0.915. The van der Waals surface area contributed by atoms with Crippen molar-refractivity contribution in [1.29, 1.82) is 0 Å². The van der Waals surface area contributed by atoms with Gasteiger partial charge in [0.15, 0.2) is 0 Å². The average Bonchev–Trinajstić information content (AvgIpc) is 2.91. The van der Waals surface area contributed by atoms with Crippen molar-refractivity contribution >= 4 is 28.1 Å². The number of benzene rings is 1. The Morgan fingerprint density at radius 1 is 1.47 bits per heavy atom. The van der Waals surface area contributed by atoms with Gasteiger partial charge in [-0.25, -0.2) is 5.43 Å². The summed E-state index contributed by atoms with van der Waals surface area (Å²) in [4.78, 5) is 11.8. The van der Waals surface area contributed by atoms with Crippen LogP contribution in [0.15, 0.2) is 50.6 Å². The van der Waals surface area contributed by atoms with Crippen molar-refractivity contribution in [3.8, 4) is 5.75 Å². The molecule has 6 heteroatoms. The SMILES string of the molecule is COc1ccc(C(=O)N/N=C/c2ccco2)cc1Br. The van der Waals surface area contributed by atoms with Crippen LogP contribution in [0.3, 0.4) is 0 Å². The second-order valence-electron chi connectivity index (χ2n) is 3.56. The summed E-state index contributed by atoms with van der Waals surface area (Å²) in [6.07, 6.45) is 2.96. The molecule has 0 unspecified atom stereocenters. The van der Waals surface area contributed by atoms with Gasteiger partial charge in [-0.15, -0.1) is 0 Å². The number of nitrogens with zero attached hydrogens (tertiary/aromatic N) is 1. The van der Waals surface area contributed by atoms with Crippen LogP contribution in [0.25, 0.3) is 0 Å². The highest BCUT2D eigenvalue weighted by Crippen LogP contribution is 2.25. The number of halogens is 1. The van der Waals surface area contributed by atoms with Gasteiger partial charge in [0.2, 0.25) is 0 Å². The van der Waals surface area contributed by atoms with Gasteiger partial charge in [-0.2, -0.15) is 5.10 Å². The van der Waals surface area contributed by atoms with Crippen LogP contribution in [0.1, 0.15) is 16.1 Å². The Labute approximate surface area is 118 Å². The number of nitrogens with one attached hydrogen (secondary N) is 1. The number of furan rings is 1. The van der Waals surface area contributed by atoms with E-state index in [1.54, 1.807) is 37.4 Å².